The molecule has 0 bridgehead atoms. The highest BCUT2D eigenvalue weighted by molar-refractivity contribution is 5.79. The Morgan fingerprint density at radius 1 is 1.17 bits per heavy atom. The van der Waals surface area contributed by atoms with Crippen LogP contribution in [0.5, 0.6) is 0 Å². The van der Waals surface area contributed by atoms with Crippen LogP contribution in [0.4, 0.5) is 0 Å². The predicted octanol–water partition coefficient (Wildman–Crippen LogP) is 2.06. The average molecular weight is 244 g/mol. The molecular formula is C15H20N2O. The van der Waals surface area contributed by atoms with E-state index in [1.807, 2.05) is 17.0 Å². The summed E-state index contributed by atoms with van der Waals surface area (Å²) in [5.74, 6) is 0.234. The molecule has 3 heteroatoms. The maximum absolute atomic E-state index is 12.1. The second-order valence-electron chi connectivity index (χ2n) is 5.38. The molecule has 0 radical (unpaired) electrons. The minimum absolute atomic E-state index is 0.234. The lowest BCUT2D eigenvalue weighted by atomic mass is 10.1. The second-order valence-corrected chi connectivity index (χ2v) is 5.38. The molecule has 0 unspecified atom stereocenters. The van der Waals surface area contributed by atoms with E-state index in [0.717, 1.165) is 13.1 Å². The van der Waals surface area contributed by atoms with Crippen LogP contribution in [0.3, 0.4) is 0 Å². The number of hydrogen-bond donors (Lipinski definition) is 1. The molecule has 0 atom stereocenters. The van der Waals surface area contributed by atoms with Crippen LogP contribution in [0.25, 0.3) is 0 Å². The van der Waals surface area contributed by atoms with Gasteiger partial charge in [-0.3, -0.25) is 4.79 Å². The Morgan fingerprint density at radius 3 is 2.39 bits per heavy atom. The molecule has 18 heavy (non-hydrogen) atoms. The van der Waals surface area contributed by atoms with Crippen molar-refractivity contribution in [1.82, 2.24) is 10.2 Å². The minimum Gasteiger partial charge on any atom is -0.333 e. The van der Waals surface area contributed by atoms with Crippen LogP contribution in [0.15, 0.2) is 24.3 Å². The lowest BCUT2D eigenvalue weighted by Crippen LogP contribution is -2.38. The van der Waals surface area contributed by atoms with Crippen molar-refractivity contribution in [3.63, 3.8) is 0 Å². The Hall–Kier alpha value is -1.35. The topological polar surface area (TPSA) is 32.3 Å². The number of nitrogens with zero attached hydrogens (tertiary/aromatic N) is 1. The van der Waals surface area contributed by atoms with Gasteiger partial charge in [0.1, 0.15) is 0 Å². The van der Waals surface area contributed by atoms with Gasteiger partial charge in [-0.25, -0.2) is 0 Å². The van der Waals surface area contributed by atoms with E-state index in [0.29, 0.717) is 12.6 Å². The molecule has 1 fully saturated rings. The van der Waals surface area contributed by atoms with Crippen molar-refractivity contribution in [2.45, 2.75) is 44.8 Å². The first-order valence-electron chi connectivity index (χ1n) is 6.91. The van der Waals surface area contributed by atoms with Crippen LogP contribution in [-0.2, 0) is 17.9 Å². The van der Waals surface area contributed by atoms with Crippen molar-refractivity contribution in [2.75, 3.05) is 6.54 Å². The predicted molar refractivity (Wildman–Crippen MR) is 71.0 cm³/mol. The van der Waals surface area contributed by atoms with E-state index in [4.69, 9.17) is 0 Å². The van der Waals surface area contributed by atoms with E-state index in [2.05, 4.69) is 17.4 Å². The van der Waals surface area contributed by atoms with Gasteiger partial charge in [0.15, 0.2) is 0 Å². The lowest BCUT2D eigenvalue weighted by molar-refractivity contribution is -0.130. The molecule has 0 aromatic heterocycles. The summed E-state index contributed by atoms with van der Waals surface area (Å²) in [6.07, 6.45) is 5.07. The van der Waals surface area contributed by atoms with Gasteiger partial charge in [0.05, 0.1) is 6.54 Å². The molecule has 1 aromatic rings. The highest BCUT2D eigenvalue weighted by Gasteiger charge is 2.23. The molecule has 1 aliphatic carbocycles. The molecule has 1 amide bonds. The van der Waals surface area contributed by atoms with Gasteiger partial charge in [-0.2, -0.15) is 0 Å². The zero-order chi connectivity index (χ0) is 12.4. The zero-order valence-corrected chi connectivity index (χ0v) is 10.7. The van der Waals surface area contributed by atoms with Gasteiger partial charge in [0.2, 0.25) is 5.91 Å². The summed E-state index contributed by atoms with van der Waals surface area (Å²) >= 11 is 0. The number of carbonyl (C=O) groups excluding carboxylic acids is 1. The van der Waals surface area contributed by atoms with E-state index in [1.165, 1.54) is 36.8 Å². The molecular weight excluding hydrogens is 224 g/mol. The van der Waals surface area contributed by atoms with Crippen molar-refractivity contribution in [2.24, 2.45) is 0 Å². The quantitative estimate of drug-likeness (QED) is 0.882. The number of benzene rings is 1. The monoisotopic (exact) mass is 244 g/mol. The van der Waals surface area contributed by atoms with Crippen molar-refractivity contribution < 1.29 is 4.79 Å². The summed E-state index contributed by atoms with van der Waals surface area (Å²) in [6.45, 7) is 2.06. The second kappa shape index (κ2) is 5.11. The Morgan fingerprint density at radius 2 is 1.78 bits per heavy atom. The van der Waals surface area contributed by atoms with E-state index >= 15 is 0 Å². The fourth-order valence-corrected chi connectivity index (χ4v) is 2.98. The molecule has 1 heterocycles. The molecule has 1 saturated carbocycles. The van der Waals surface area contributed by atoms with E-state index in [-0.39, 0.29) is 5.91 Å². The smallest absolute Gasteiger partial charge is 0.237 e. The van der Waals surface area contributed by atoms with Crippen molar-refractivity contribution in [1.29, 1.82) is 0 Å². The Labute approximate surface area is 108 Å². The van der Waals surface area contributed by atoms with Crippen LogP contribution in [-0.4, -0.2) is 23.4 Å². The molecule has 1 aliphatic heterocycles. The van der Waals surface area contributed by atoms with Crippen molar-refractivity contribution >= 4 is 5.91 Å². The third kappa shape index (κ3) is 2.41. The van der Waals surface area contributed by atoms with E-state index < -0.39 is 0 Å². The van der Waals surface area contributed by atoms with Gasteiger partial charge < -0.3 is 10.2 Å². The third-order valence-electron chi connectivity index (χ3n) is 4.09. The Balaban J connectivity index is 1.52. The Kier molecular flexibility index (Phi) is 3.33. The average Bonchev–Trinajstić information content (AvgIpc) is 3.04. The highest BCUT2D eigenvalue weighted by Crippen LogP contribution is 2.22. The molecule has 3 rings (SSSR count). The largest absolute Gasteiger partial charge is 0.333 e. The van der Waals surface area contributed by atoms with Crippen LogP contribution < -0.4 is 5.32 Å². The first-order chi connectivity index (χ1) is 8.83. The first-order valence-corrected chi connectivity index (χ1v) is 6.91. The molecule has 0 saturated heterocycles. The number of nitrogens with one attached hydrogen (secondary N) is 1. The summed E-state index contributed by atoms with van der Waals surface area (Å²) in [6, 6.07) is 8.90. The van der Waals surface area contributed by atoms with Crippen LogP contribution >= 0.6 is 0 Å². The zero-order valence-electron chi connectivity index (χ0n) is 10.7. The molecule has 3 nitrogen and oxygen atoms in total. The van der Waals surface area contributed by atoms with Crippen LogP contribution in [0.1, 0.15) is 36.8 Å². The summed E-state index contributed by atoms with van der Waals surface area (Å²) in [7, 11) is 0. The maximum Gasteiger partial charge on any atom is 0.237 e. The van der Waals surface area contributed by atoms with Crippen LogP contribution in [0, 0.1) is 0 Å². The maximum atomic E-state index is 12.1. The summed E-state index contributed by atoms with van der Waals surface area (Å²) in [5.41, 5.74) is 2.60. The molecule has 1 N–H and O–H groups in total. The highest BCUT2D eigenvalue weighted by atomic mass is 16.2. The third-order valence-corrected chi connectivity index (χ3v) is 4.09. The Bertz CT molecular complexity index is 413. The SMILES string of the molecule is O=C(CNC1CCCC1)N1Cc2ccccc2C1. The van der Waals surface area contributed by atoms with Gasteiger partial charge in [-0.1, -0.05) is 37.1 Å². The summed E-state index contributed by atoms with van der Waals surface area (Å²) in [4.78, 5) is 14.1. The number of amides is 1. The summed E-state index contributed by atoms with van der Waals surface area (Å²) < 4.78 is 0. The standard InChI is InChI=1S/C15H20N2O/c18-15(9-16-14-7-3-4-8-14)17-10-12-5-1-2-6-13(12)11-17/h1-2,5-6,14,16H,3-4,7-11H2. The van der Waals surface area contributed by atoms with Crippen LogP contribution in [0.2, 0.25) is 0 Å². The van der Waals surface area contributed by atoms with Gasteiger partial charge in [0.25, 0.3) is 0 Å². The van der Waals surface area contributed by atoms with Crippen molar-refractivity contribution in [3.8, 4) is 0 Å². The lowest BCUT2D eigenvalue weighted by Gasteiger charge is -2.18. The number of hydrogen-bond acceptors (Lipinski definition) is 2. The minimum atomic E-state index is 0.234. The molecule has 1 aromatic carbocycles. The van der Waals surface area contributed by atoms with Crippen molar-refractivity contribution in [3.05, 3.63) is 35.4 Å². The summed E-state index contributed by atoms with van der Waals surface area (Å²) in [5, 5.41) is 3.39. The first kappa shape index (κ1) is 11.7. The fourth-order valence-electron chi connectivity index (χ4n) is 2.98. The number of carbonyl (C=O) groups is 1. The van der Waals surface area contributed by atoms with Gasteiger partial charge in [0, 0.05) is 19.1 Å². The van der Waals surface area contributed by atoms with Gasteiger partial charge >= 0.3 is 0 Å². The van der Waals surface area contributed by atoms with E-state index in [1.54, 1.807) is 0 Å². The number of rotatable bonds is 3. The van der Waals surface area contributed by atoms with Gasteiger partial charge in [-0.05, 0) is 24.0 Å². The molecule has 2 aliphatic rings. The number of fused-ring (bicyclic) bond motifs is 1. The van der Waals surface area contributed by atoms with E-state index in [9.17, 15) is 4.79 Å². The molecule has 0 spiro atoms. The van der Waals surface area contributed by atoms with Gasteiger partial charge in [-0.15, -0.1) is 0 Å². The normalized spacial score (nSPS) is 19.2. The molecule has 96 valence electrons. The fraction of sp³-hybridized carbons (Fsp3) is 0.533.